The van der Waals surface area contributed by atoms with Crippen molar-refractivity contribution in [3.05, 3.63) is 0 Å². The van der Waals surface area contributed by atoms with Crippen molar-refractivity contribution in [2.45, 2.75) is 76.6 Å². The Labute approximate surface area is 110 Å². The molecule has 0 spiro atoms. The molecule has 0 saturated carbocycles. The quantitative estimate of drug-likeness (QED) is 0.757. The molecule has 2 rings (SSSR count). The molecule has 4 nitrogen and oxygen atoms in total. The van der Waals surface area contributed by atoms with E-state index in [2.05, 4.69) is 24.5 Å². The standard InChI is InChI=1S/C14H26N2O2/c1-3-10(4-2)16-14(17)9-18-13-7-11-5-6-12(8-13)15-11/h10-13,15H,3-9H2,1-2H3,(H,16,17). The largest absolute Gasteiger partial charge is 0.368 e. The van der Waals surface area contributed by atoms with E-state index in [1.54, 1.807) is 0 Å². The van der Waals surface area contributed by atoms with Crippen LogP contribution in [-0.2, 0) is 9.53 Å². The fraction of sp³-hybridized carbons (Fsp3) is 0.929. The maximum Gasteiger partial charge on any atom is 0.246 e. The van der Waals surface area contributed by atoms with Gasteiger partial charge in [-0.25, -0.2) is 0 Å². The van der Waals surface area contributed by atoms with Crippen LogP contribution in [0, 0.1) is 0 Å². The van der Waals surface area contributed by atoms with E-state index >= 15 is 0 Å². The summed E-state index contributed by atoms with van der Waals surface area (Å²) in [5.41, 5.74) is 0. The second-order valence-corrected chi connectivity index (χ2v) is 5.62. The molecule has 0 aromatic heterocycles. The zero-order valence-electron chi connectivity index (χ0n) is 11.6. The van der Waals surface area contributed by atoms with Crippen molar-refractivity contribution in [3.8, 4) is 0 Å². The summed E-state index contributed by atoms with van der Waals surface area (Å²) < 4.78 is 5.76. The van der Waals surface area contributed by atoms with Crippen LogP contribution in [0.3, 0.4) is 0 Å². The first kappa shape index (κ1) is 13.8. The summed E-state index contributed by atoms with van der Waals surface area (Å²) in [6, 6.07) is 1.54. The van der Waals surface area contributed by atoms with E-state index in [9.17, 15) is 4.79 Å². The topological polar surface area (TPSA) is 50.4 Å². The Morgan fingerprint density at radius 1 is 1.28 bits per heavy atom. The molecule has 2 fully saturated rings. The summed E-state index contributed by atoms with van der Waals surface area (Å²) in [6.07, 6.45) is 6.91. The number of nitrogens with one attached hydrogen (secondary N) is 2. The highest BCUT2D eigenvalue weighted by atomic mass is 16.5. The maximum atomic E-state index is 11.7. The Bertz CT molecular complexity index is 267. The number of hydrogen-bond donors (Lipinski definition) is 2. The number of amides is 1. The Morgan fingerprint density at radius 2 is 1.89 bits per heavy atom. The van der Waals surface area contributed by atoms with E-state index in [4.69, 9.17) is 4.74 Å². The van der Waals surface area contributed by atoms with Gasteiger partial charge in [-0.2, -0.15) is 0 Å². The van der Waals surface area contributed by atoms with Crippen LogP contribution in [0.25, 0.3) is 0 Å². The van der Waals surface area contributed by atoms with Gasteiger partial charge in [0.2, 0.25) is 5.91 Å². The van der Waals surface area contributed by atoms with Gasteiger partial charge in [0.05, 0.1) is 6.10 Å². The van der Waals surface area contributed by atoms with Gasteiger partial charge in [-0.05, 0) is 38.5 Å². The van der Waals surface area contributed by atoms with Crippen LogP contribution in [0.5, 0.6) is 0 Å². The number of carbonyl (C=O) groups excluding carboxylic acids is 1. The third kappa shape index (κ3) is 3.69. The highest BCUT2D eigenvalue weighted by Gasteiger charge is 2.34. The SMILES string of the molecule is CCC(CC)NC(=O)COC1CC2CCC(C1)N2. The first-order valence-electron chi connectivity index (χ1n) is 7.38. The number of hydrogen-bond acceptors (Lipinski definition) is 3. The molecule has 104 valence electrons. The predicted molar refractivity (Wildman–Crippen MR) is 71.4 cm³/mol. The lowest BCUT2D eigenvalue weighted by Crippen LogP contribution is -2.43. The molecular weight excluding hydrogens is 228 g/mol. The second kappa shape index (κ2) is 6.53. The molecule has 0 radical (unpaired) electrons. The van der Waals surface area contributed by atoms with E-state index in [-0.39, 0.29) is 18.6 Å². The normalized spacial score (nSPS) is 30.7. The highest BCUT2D eigenvalue weighted by molar-refractivity contribution is 5.77. The lowest BCUT2D eigenvalue weighted by atomic mass is 10.0. The fourth-order valence-electron chi connectivity index (χ4n) is 3.10. The lowest BCUT2D eigenvalue weighted by molar-refractivity contribution is -0.129. The Morgan fingerprint density at radius 3 is 2.44 bits per heavy atom. The molecule has 2 bridgehead atoms. The van der Waals surface area contributed by atoms with Crippen LogP contribution in [0.15, 0.2) is 0 Å². The number of rotatable bonds is 6. The lowest BCUT2D eigenvalue weighted by Gasteiger charge is -2.29. The van der Waals surface area contributed by atoms with Crippen LogP contribution in [-0.4, -0.2) is 36.7 Å². The van der Waals surface area contributed by atoms with Crippen LogP contribution >= 0.6 is 0 Å². The molecule has 2 unspecified atom stereocenters. The summed E-state index contributed by atoms with van der Waals surface area (Å²) in [5, 5.41) is 6.59. The van der Waals surface area contributed by atoms with Crippen LogP contribution in [0.2, 0.25) is 0 Å². The molecule has 2 N–H and O–H groups in total. The molecule has 2 saturated heterocycles. The minimum Gasteiger partial charge on any atom is -0.368 e. The maximum absolute atomic E-state index is 11.7. The zero-order chi connectivity index (χ0) is 13.0. The van der Waals surface area contributed by atoms with Gasteiger partial charge < -0.3 is 15.4 Å². The van der Waals surface area contributed by atoms with Gasteiger partial charge in [0.1, 0.15) is 6.61 Å². The predicted octanol–water partition coefficient (Wildman–Crippen LogP) is 1.59. The summed E-state index contributed by atoms with van der Waals surface area (Å²) in [5.74, 6) is 0.0366. The molecule has 2 heterocycles. The van der Waals surface area contributed by atoms with E-state index in [1.807, 2.05) is 0 Å². The Kier molecular flexibility index (Phi) is 5.01. The van der Waals surface area contributed by atoms with Gasteiger partial charge in [-0.1, -0.05) is 13.8 Å². The van der Waals surface area contributed by atoms with Crippen molar-refractivity contribution in [2.24, 2.45) is 0 Å². The summed E-state index contributed by atoms with van der Waals surface area (Å²) in [4.78, 5) is 11.7. The zero-order valence-corrected chi connectivity index (χ0v) is 11.6. The van der Waals surface area contributed by atoms with E-state index < -0.39 is 0 Å². The summed E-state index contributed by atoms with van der Waals surface area (Å²) in [7, 11) is 0. The molecule has 2 atom stereocenters. The Hall–Kier alpha value is -0.610. The second-order valence-electron chi connectivity index (χ2n) is 5.62. The molecule has 2 aliphatic heterocycles. The molecule has 1 amide bonds. The van der Waals surface area contributed by atoms with Gasteiger partial charge in [0.25, 0.3) is 0 Å². The average Bonchev–Trinajstić information content (AvgIpc) is 2.72. The third-order valence-corrected chi connectivity index (χ3v) is 4.23. The van der Waals surface area contributed by atoms with E-state index in [1.165, 1.54) is 12.8 Å². The number of ether oxygens (including phenoxy) is 1. The van der Waals surface area contributed by atoms with E-state index in [0.717, 1.165) is 25.7 Å². The van der Waals surface area contributed by atoms with Gasteiger partial charge in [-0.3, -0.25) is 4.79 Å². The molecular formula is C14H26N2O2. The van der Waals surface area contributed by atoms with Gasteiger partial charge in [0.15, 0.2) is 0 Å². The van der Waals surface area contributed by atoms with Gasteiger partial charge in [-0.15, -0.1) is 0 Å². The minimum atomic E-state index is 0.0366. The van der Waals surface area contributed by atoms with Crippen molar-refractivity contribution < 1.29 is 9.53 Å². The number of fused-ring (bicyclic) bond motifs is 2. The summed E-state index contributed by atoms with van der Waals surface area (Å²) >= 11 is 0. The Balaban J connectivity index is 1.66. The number of piperidine rings is 1. The molecule has 0 aliphatic carbocycles. The fourth-order valence-corrected chi connectivity index (χ4v) is 3.10. The third-order valence-electron chi connectivity index (χ3n) is 4.23. The van der Waals surface area contributed by atoms with E-state index in [0.29, 0.717) is 18.1 Å². The van der Waals surface area contributed by atoms with Crippen molar-refractivity contribution in [2.75, 3.05) is 6.61 Å². The van der Waals surface area contributed by atoms with Gasteiger partial charge in [0, 0.05) is 18.1 Å². The molecule has 4 heteroatoms. The van der Waals surface area contributed by atoms with Crippen molar-refractivity contribution in [1.29, 1.82) is 0 Å². The number of carbonyl (C=O) groups is 1. The first-order chi connectivity index (χ1) is 8.71. The van der Waals surface area contributed by atoms with Gasteiger partial charge >= 0.3 is 0 Å². The average molecular weight is 254 g/mol. The molecule has 18 heavy (non-hydrogen) atoms. The van der Waals surface area contributed by atoms with Crippen LogP contribution in [0.4, 0.5) is 0 Å². The minimum absolute atomic E-state index is 0.0366. The molecule has 2 aliphatic rings. The van der Waals surface area contributed by atoms with Crippen molar-refractivity contribution in [1.82, 2.24) is 10.6 Å². The smallest absolute Gasteiger partial charge is 0.246 e. The summed E-state index contributed by atoms with van der Waals surface area (Å²) in [6.45, 7) is 4.42. The van der Waals surface area contributed by atoms with Crippen LogP contribution in [0.1, 0.15) is 52.4 Å². The molecule has 0 aromatic carbocycles. The van der Waals surface area contributed by atoms with Crippen LogP contribution < -0.4 is 10.6 Å². The molecule has 0 aromatic rings. The van der Waals surface area contributed by atoms with Crippen molar-refractivity contribution in [3.63, 3.8) is 0 Å². The monoisotopic (exact) mass is 254 g/mol. The van der Waals surface area contributed by atoms with Crippen molar-refractivity contribution >= 4 is 5.91 Å². The highest BCUT2D eigenvalue weighted by Crippen LogP contribution is 2.28. The first-order valence-corrected chi connectivity index (χ1v) is 7.38.